The quantitative estimate of drug-likeness (QED) is 0.740. The van der Waals surface area contributed by atoms with E-state index in [0.717, 1.165) is 42.7 Å². The maximum atomic E-state index is 13.4. The number of urea groups is 1. The van der Waals surface area contributed by atoms with Crippen molar-refractivity contribution in [1.82, 2.24) is 4.90 Å². The Morgan fingerprint density at radius 2 is 1.79 bits per heavy atom. The van der Waals surface area contributed by atoms with Crippen LogP contribution in [-0.4, -0.2) is 54.3 Å². The van der Waals surface area contributed by atoms with Gasteiger partial charge in [0.15, 0.2) is 0 Å². The zero-order chi connectivity index (χ0) is 22.9. The predicted octanol–water partition coefficient (Wildman–Crippen LogP) is 3.98. The molecular weight excluding hydrogens is 418 g/mol. The van der Waals surface area contributed by atoms with Crippen molar-refractivity contribution in [2.45, 2.75) is 50.1 Å². The number of aliphatic hydroxyl groups excluding tert-OH is 1. The third kappa shape index (κ3) is 3.84. The molecule has 2 N–H and O–H groups in total. The van der Waals surface area contributed by atoms with Gasteiger partial charge >= 0.3 is 6.03 Å². The maximum Gasteiger partial charge on any atom is 0.326 e. The molecule has 1 aliphatic carbocycles. The van der Waals surface area contributed by atoms with E-state index in [1.807, 2.05) is 29.2 Å². The molecule has 2 fully saturated rings. The van der Waals surface area contributed by atoms with Crippen LogP contribution in [0.2, 0.25) is 0 Å². The first-order chi connectivity index (χ1) is 16.1. The Morgan fingerprint density at radius 1 is 1.06 bits per heavy atom. The van der Waals surface area contributed by atoms with Gasteiger partial charge in [-0.25, -0.2) is 4.79 Å². The van der Waals surface area contributed by atoms with Gasteiger partial charge < -0.3 is 20.1 Å². The van der Waals surface area contributed by atoms with Crippen molar-refractivity contribution >= 4 is 23.3 Å². The summed E-state index contributed by atoms with van der Waals surface area (Å²) < 4.78 is 5.19. The number of para-hydroxylation sites is 1. The number of carbonyl (C=O) groups is 2. The minimum Gasteiger partial charge on any atom is -0.497 e. The lowest BCUT2D eigenvalue weighted by Gasteiger charge is -2.59. The summed E-state index contributed by atoms with van der Waals surface area (Å²) >= 11 is 0. The topological polar surface area (TPSA) is 82.1 Å². The standard InChI is InChI=1S/C26H31N3O4/c1-33-19-13-11-18(12-14-19)27-26(32)28-15-22-24(20-9-5-6-10-21(20)28)23(16-30)29(22)25(31)17-7-3-2-4-8-17/h5-6,9-14,17,22-24,30H,2-4,7-8,15-16H2,1H3,(H,27,32)/t22-,23+,24+/m1/s1. The molecule has 0 radical (unpaired) electrons. The van der Waals surface area contributed by atoms with Gasteiger partial charge in [-0.3, -0.25) is 9.69 Å². The lowest BCUT2D eigenvalue weighted by molar-refractivity contribution is -0.156. The first kappa shape index (κ1) is 21.8. The van der Waals surface area contributed by atoms with Gasteiger partial charge in [0.25, 0.3) is 0 Å². The SMILES string of the molecule is COc1ccc(NC(=O)N2C[C@@H]3[C@H](c4ccccc42)[C@H](CO)N3C(=O)C2CCCCC2)cc1. The largest absolute Gasteiger partial charge is 0.497 e. The van der Waals surface area contributed by atoms with Gasteiger partial charge in [0.2, 0.25) is 5.91 Å². The number of fused-ring (bicyclic) bond motifs is 3. The van der Waals surface area contributed by atoms with E-state index < -0.39 is 0 Å². The molecule has 2 aliphatic heterocycles. The summed E-state index contributed by atoms with van der Waals surface area (Å²) in [5.74, 6) is 0.946. The van der Waals surface area contributed by atoms with E-state index in [9.17, 15) is 14.7 Å². The molecule has 0 aromatic heterocycles. The van der Waals surface area contributed by atoms with Crippen LogP contribution in [0, 0.1) is 5.92 Å². The lowest BCUT2D eigenvalue weighted by atomic mass is 9.71. The molecule has 2 aromatic rings. The molecule has 0 unspecified atom stereocenters. The Labute approximate surface area is 194 Å². The van der Waals surface area contributed by atoms with Crippen LogP contribution in [0.25, 0.3) is 0 Å². The summed E-state index contributed by atoms with van der Waals surface area (Å²) in [5.41, 5.74) is 2.54. The molecule has 0 bridgehead atoms. The molecule has 5 rings (SSSR count). The predicted molar refractivity (Wildman–Crippen MR) is 127 cm³/mol. The molecule has 174 valence electrons. The summed E-state index contributed by atoms with van der Waals surface area (Å²) in [6.45, 7) is 0.352. The van der Waals surface area contributed by atoms with Gasteiger partial charge in [0.05, 0.1) is 25.8 Å². The number of aliphatic hydroxyl groups is 1. The molecule has 2 aromatic carbocycles. The van der Waals surface area contributed by atoms with Gasteiger partial charge in [-0.15, -0.1) is 0 Å². The van der Waals surface area contributed by atoms with E-state index in [-0.39, 0.29) is 42.5 Å². The van der Waals surface area contributed by atoms with Crippen LogP contribution in [-0.2, 0) is 4.79 Å². The number of likely N-dealkylation sites (tertiary alicyclic amines) is 1. The average molecular weight is 450 g/mol. The summed E-state index contributed by atoms with van der Waals surface area (Å²) in [5, 5.41) is 13.2. The van der Waals surface area contributed by atoms with Crippen LogP contribution in [0.3, 0.4) is 0 Å². The third-order valence-corrected chi connectivity index (χ3v) is 7.48. The monoisotopic (exact) mass is 449 g/mol. The maximum absolute atomic E-state index is 13.4. The fourth-order valence-corrected chi connectivity index (χ4v) is 5.81. The van der Waals surface area contributed by atoms with Crippen LogP contribution < -0.4 is 15.0 Å². The second-order valence-electron chi connectivity index (χ2n) is 9.25. The van der Waals surface area contributed by atoms with Crippen molar-refractivity contribution in [1.29, 1.82) is 0 Å². The molecule has 3 amide bonds. The van der Waals surface area contributed by atoms with E-state index in [2.05, 4.69) is 5.32 Å². The Bertz CT molecular complexity index is 1020. The molecule has 3 aliphatic rings. The van der Waals surface area contributed by atoms with Crippen molar-refractivity contribution < 1.29 is 19.4 Å². The van der Waals surface area contributed by atoms with Crippen LogP contribution in [0.4, 0.5) is 16.2 Å². The fraction of sp³-hybridized carbons (Fsp3) is 0.462. The second-order valence-corrected chi connectivity index (χ2v) is 9.25. The highest BCUT2D eigenvalue weighted by molar-refractivity contribution is 6.03. The minimum absolute atomic E-state index is 0.0347. The van der Waals surface area contributed by atoms with E-state index in [1.54, 1.807) is 36.3 Å². The van der Waals surface area contributed by atoms with Gasteiger partial charge in [-0.1, -0.05) is 37.5 Å². The number of nitrogens with zero attached hydrogens (tertiary/aromatic N) is 2. The number of hydrogen-bond acceptors (Lipinski definition) is 4. The van der Waals surface area contributed by atoms with Gasteiger partial charge in [0, 0.05) is 29.8 Å². The minimum atomic E-state index is -0.233. The normalized spacial score (nSPS) is 24.4. The number of methoxy groups -OCH3 is 1. The first-order valence-corrected chi connectivity index (χ1v) is 11.9. The van der Waals surface area contributed by atoms with Crippen LogP contribution in [0.5, 0.6) is 5.75 Å². The number of benzene rings is 2. The molecule has 0 spiro atoms. The van der Waals surface area contributed by atoms with Crippen molar-refractivity contribution in [3.05, 3.63) is 54.1 Å². The highest BCUT2D eigenvalue weighted by atomic mass is 16.5. The number of amides is 3. The fourth-order valence-electron chi connectivity index (χ4n) is 5.81. The summed E-state index contributed by atoms with van der Waals surface area (Å²) in [6, 6.07) is 14.5. The summed E-state index contributed by atoms with van der Waals surface area (Å²) in [4.78, 5) is 30.4. The lowest BCUT2D eigenvalue weighted by Crippen LogP contribution is -2.71. The summed E-state index contributed by atoms with van der Waals surface area (Å²) in [6.07, 6.45) is 5.20. The molecule has 7 heteroatoms. The van der Waals surface area contributed by atoms with Crippen LogP contribution in [0.15, 0.2) is 48.5 Å². The Kier molecular flexibility index (Phi) is 5.98. The number of carbonyl (C=O) groups excluding carboxylic acids is 2. The number of ether oxygens (including phenoxy) is 1. The van der Waals surface area contributed by atoms with Crippen LogP contribution in [0.1, 0.15) is 43.6 Å². The van der Waals surface area contributed by atoms with Gasteiger partial charge in [0.1, 0.15) is 5.75 Å². The average Bonchev–Trinajstić information content (AvgIpc) is 2.85. The zero-order valence-electron chi connectivity index (χ0n) is 18.9. The van der Waals surface area contributed by atoms with Crippen LogP contribution >= 0.6 is 0 Å². The Morgan fingerprint density at radius 3 is 2.48 bits per heavy atom. The highest BCUT2D eigenvalue weighted by Gasteiger charge is 2.56. The number of nitrogens with one attached hydrogen (secondary N) is 1. The molecule has 7 nitrogen and oxygen atoms in total. The third-order valence-electron chi connectivity index (χ3n) is 7.48. The first-order valence-electron chi connectivity index (χ1n) is 11.9. The molecular formula is C26H31N3O4. The molecule has 3 atom stereocenters. The highest BCUT2D eigenvalue weighted by Crippen LogP contribution is 2.49. The van der Waals surface area contributed by atoms with E-state index >= 15 is 0 Å². The summed E-state index contributed by atoms with van der Waals surface area (Å²) in [7, 11) is 1.60. The van der Waals surface area contributed by atoms with Gasteiger partial charge in [-0.2, -0.15) is 0 Å². The Balaban J connectivity index is 1.41. The molecule has 1 saturated heterocycles. The molecule has 1 saturated carbocycles. The number of hydrogen-bond donors (Lipinski definition) is 2. The van der Waals surface area contributed by atoms with E-state index in [1.165, 1.54) is 6.42 Å². The van der Waals surface area contributed by atoms with Crippen molar-refractivity contribution in [3.63, 3.8) is 0 Å². The van der Waals surface area contributed by atoms with Crippen molar-refractivity contribution in [2.75, 3.05) is 30.5 Å². The smallest absolute Gasteiger partial charge is 0.326 e. The number of anilines is 2. The van der Waals surface area contributed by atoms with Crippen molar-refractivity contribution in [3.8, 4) is 5.75 Å². The van der Waals surface area contributed by atoms with Crippen molar-refractivity contribution in [2.24, 2.45) is 5.92 Å². The molecule has 2 heterocycles. The molecule has 33 heavy (non-hydrogen) atoms. The zero-order valence-corrected chi connectivity index (χ0v) is 18.9. The Hall–Kier alpha value is -3.06. The second kappa shape index (κ2) is 9.06. The number of rotatable bonds is 4. The van der Waals surface area contributed by atoms with Gasteiger partial charge in [-0.05, 0) is 48.7 Å². The van der Waals surface area contributed by atoms with E-state index in [0.29, 0.717) is 12.2 Å². The van der Waals surface area contributed by atoms with E-state index in [4.69, 9.17) is 4.74 Å².